The molecular weight excluding hydrogens is 281 g/mol. The molecule has 0 aliphatic carbocycles. The smallest absolute Gasteiger partial charge is 0.246 e. The maximum Gasteiger partial charge on any atom is 0.246 e. The third kappa shape index (κ3) is 4.16. The fraction of sp³-hybridized carbons (Fsp3) is 0.538. The molecule has 0 saturated carbocycles. The fourth-order valence-electron chi connectivity index (χ4n) is 1.78. The standard InChI is InChI=1S/C13H22FN3O2S/c1-4-7-17(9-8-16(2)3)20(18,19)13-6-5-11(15)10-12(13)14/h5-6,10H,4,7-9,15H2,1-3H3. The van der Waals surface area contributed by atoms with E-state index in [9.17, 15) is 12.8 Å². The van der Waals surface area contributed by atoms with Gasteiger partial charge in [-0.15, -0.1) is 0 Å². The van der Waals surface area contributed by atoms with E-state index in [4.69, 9.17) is 5.73 Å². The number of nitrogens with zero attached hydrogens (tertiary/aromatic N) is 2. The van der Waals surface area contributed by atoms with E-state index in [1.807, 2.05) is 25.9 Å². The van der Waals surface area contributed by atoms with Crippen LogP contribution in [0.2, 0.25) is 0 Å². The van der Waals surface area contributed by atoms with Crippen LogP contribution in [0.3, 0.4) is 0 Å². The molecule has 114 valence electrons. The molecule has 0 atom stereocenters. The number of benzene rings is 1. The van der Waals surface area contributed by atoms with Crippen molar-refractivity contribution in [3.05, 3.63) is 24.0 Å². The number of sulfonamides is 1. The maximum atomic E-state index is 13.8. The van der Waals surface area contributed by atoms with Crippen molar-refractivity contribution in [3.8, 4) is 0 Å². The second kappa shape index (κ2) is 7.01. The van der Waals surface area contributed by atoms with Gasteiger partial charge in [-0.25, -0.2) is 12.8 Å². The lowest BCUT2D eigenvalue weighted by Crippen LogP contribution is -2.37. The highest BCUT2D eigenvalue weighted by atomic mass is 32.2. The summed E-state index contributed by atoms with van der Waals surface area (Å²) in [4.78, 5) is 1.57. The van der Waals surface area contributed by atoms with E-state index in [0.717, 1.165) is 6.07 Å². The molecule has 20 heavy (non-hydrogen) atoms. The first-order valence-electron chi connectivity index (χ1n) is 6.49. The minimum atomic E-state index is -3.83. The van der Waals surface area contributed by atoms with Gasteiger partial charge in [0.05, 0.1) is 0 Å². The molecule has 1 aromatic carbocycles. The Morgan fingerprint density at radius 2 is 1.85 bits per heavy atom. The summed E-state index contributed by atoms with van der Waals surface area (Å²) in [6.07, 6.45) is 0.670. The number of nitrogen functional groups attached to an aromatic ring is 1. The minimum absolute atomic E-state index is 0.205. The molecule has 0 aliphatic heterocycles. The van der Waals surface area contributed by atoms with Crippen LogP contribution < -0.4 is 5.73 Å². The Balaban J connectivity index is 3.08. The first kappa shape index (κ1) is 16.9. The Labute approximate surface area is 120 Å². The normalized spacial score (nSPS) is 12.3. The van der Waals surface area contributed by atoms with Crippen LogP contribution >= 0.6 is 0 Å². The van der Waals surface area contributed by atoms with Crippen LogP contribution in [0.25, 0.3) is 0 Å². The van der Waals surface area contributed by atoms with Gasteiger partial charge in [0.15, 0.2) is 0 Å². The first-order valence-corrected chi connectivity index (χ1v) is 7.93. The lowest BCUT2D eigenvalue weighted by atomic mass is 10.3. The monoisotopic (exact) mass is 303 g/mol. The predicted molar refractivity (Wildman–Crippen MR) is 78.4 cm³/mol. The van der Waals surface area contributed by atoms with Gasteiger partial charge in [-0.2, -0.15) is 4.31 Å². The quantitative estimate of drug-likeness (QED) is 0.773. The summed E-state index contributed by atoms with van der Waals surface area (Å²) in [5.74, 6) is -0.809. The maximum absolute atomic E-state index is 13.8. The molecule has 0 radical (unpaired) electrons. The molecule has 0 aromatic heterocycles. The number of rotatable bonds is 7. The van der Waals surface area contributed by atoms with Gasteiger partial charge in [-0.3, -0.25) is 0 Å². The molecule has 0 bridgehead atoms. The van der Waals surface area contributed by atoms with E-state index >= 15 is 0 Å². The SMILES string of the molecule is CCCN(CCN(C)C)S(=O)(=O)c1ccc(N)cc1F. The Bertz CT molecular complexity index is 547. The zero-order valence-electron chi connectivity index (χ0n) is 12.1. The molecule has 0 aliphatic rings. The molecule has 1 rings (SSSR count). The van der Waals surface area contributed by atoms with E-state index in [-0.39, 0.29) is 10.6 Å². The number of hydrogen-bond donors (Lipinski definition) is 1. The molecule has 0 heterocycles. The third-order valence-corrected chi connectivity index (χ3v) is 4.78. The third-order valence-electron chi connectivity index (χ3n) is 2.84. The molecule has 5 nitrogen and oxygen atoms in total. The average molecular weight is 303 g/mol. The van der Waals surface area contributed by atoms with Crippen LogP contribution in [0.15, 0.2) is 23.1 Å². The Hall–Kier alpha value is -1.18. The highest BCUT2D eigenvalue weighted by Crippen LogP contribution is 2.21. The largest absolute Gasteiger partial charge is 0.399 e. The molecular formula is C13H22FN3O2S. The van der Waals surface area contributed by atoms with Gasteiger partial charge in [-0.05, 0) is 38.7 Å². The van der Waals surface area contributed by atoms with E-state index in [2.05, 4.69) is 0 Å². The van der Waals surface area contributed by atoms with E-state index in [1.54, 1.807) is 0 Å². The van der Waals surface area contributed by atoms with Gasteiger partial charge < -0.3 is 10.6 Å². The lowest BCUT2D eigenvalue weighted by Gasteiger charge is -2.23. The van der Waals surface area contributed by atoms with Crippen LogP contribution in [0, 0.1) is 5.82 Å². The van der Waals surface area contributed by atoms with Crippen LogP contribution in [0.5, 0.6) is 0 Å². The van der Waals surface area contributed by atoms with Crippen molar-refractivity contribution in [1.29, 1.82) is 0 Å². The summed E-state index contributed by atoms with van der Waals surface area (Å²) in [7, 11) is -0.107. The fourth-order valence-corrected chi connectivity index (χ4v) is 3.35. The molecule has 2 N–H and O–H groups in total. The van der Waals surface area contributed by atoms with Gasteiger partial charge in [0, 0.05) is 25.3 Å². The number of likely N-dealkylation sites (N-methyl/N-ethyl adjacent to an activating group) is 1. The highest BCUT2D eigenvalue weighted by molar-refractivity contribution is 7.89. The molecule has 0 spiro atoms. The zero-order chi connectivity index (χ0) is 15.3. The van der Waals surface area contributed by atoms with Gasteiger partial charge in [0.2, 0.25) is 10.0 Å². The number of nitrogens with two attached hydrogens (primary N) is 1. The Kier molecular flexibility index (Phi) is 5.91. The van der Waals surface area contributed by atoms with Crippen molar-refractivity contribution >= 4 is 15.7 Å². The second-order valence-corrected chi connectivity index (χ2v) is 6.80. The molecule has 0 fully saturated rings. The van der Waals surface area contributed by atoms with Crippen molar-refractivity contribution in [3.63, 3.8) is 0 Å². The topological polar surface area (TPSA) is 66.6 Å². The summed E-state index contributed by atoms with van der Waals surface area (Å²) >= 11 is 0. The van der Waals surface area contributed by atoms with Crippen LogP contribution in [-0.2, 0) is 10.0 Å². The molecule has 0 unspecified atom stereocenters. The van der Waals surface area contributed by atoms with Crippen molar-refractivity contribution < 1.29 is 12.8 Å². The summed E-state index contributed by atoms with van der Waals surface area (Å²) < 4.78 is 40.1. The zero-order valence-corrected chi connectivity index (χ0v) is 13.0. The van der Waals surface area contributed by atoms with Crippen molar-refractivity contribution in [2.24, 2.45) is 0 Å². The van der Waals surface area contributed by atoms with Crippen molar-refractivity contribution in [2.45, 2.75) is 18.2 Å². The Morgan fingerprint density at radius 3 is 2.35 bits per heavy atom. The van der Waals surface area contributed by atoms with Gasteiger partial charge >= 0.3 is 0 Å². The summed E-state index contributed by atoms with van der Waals surface area (Å²) in [5.41, 5.74) is 5.65. The van der Waals surface area contributed by atoms with E-state index < -0.39 is 15.8 Å². The lowest BCUT2D eigenvalue weighted by molar-refractivity contribution is 0.332. The van der Waals surface area contributed by atoms with Gasteiger partial charge in [0.25, 0.3) is 0 Å². The van der Waals surface area contributed by atoms with Crippen LogP contribution in [0.4, 0.5) is 10.1 Å². The van der Waals surface area contributed by atoms with Gasteiger partial charge in [0.1, 0.15) is 10.7 Å². The number of halogens is 1. The number of hydrogen-bond acceptors (Lipinski definition) is 4. The average Bonchev–Trinajstić information content (AvgIpc) is 2.33. The highest BCUT2D eigenvalue weighted by Gasteiger charge is 2.26. The van der Waals surface area contributed by atoms with Crippen molar-refractivity contribution in [2.75, 3.05) is 39.5 Å². The molecule has 1 aromatic rings. The summed E-state index contributed by atoms with van der Waals surface area (Å²) in [5, 5.41) is 0. The predicted octanol–water partition coefficient (Wildman–Crippen LogP) is 1.37. The first-order chi connectivity index (χ1) is 9.28. The van der Waals surface area contributed by atoms with E-state index in [1.165, 1.54) is 16.4 Å². The minimum Gasteiger partial charge on any atom is -0.399 e. The second-order valence-electron chi connectivity index (χ2n) is 4.90. The molecule has 7 heteroatoms. The summed E-state index contributed by atoms with van der Waals surface area (Å²) in [6, 6.07) is 3.65. The van der Waals surface area contributed by atoms with Crippen molar-refractivity contribution in [1.82, 2.24) is 9.21 Å². The van der Waals surface area contributed by atoms with E-state index in [0.29, 0.717) is 26.1 Å². The molecule has 0 saturated heterocycles. The Morgan fingerprint density at radius 1 is 1.20 bits per heavy atom. The van der Waals surface area contributed by atoms with Crippen LogP contribution in [-0.4, -0.2) is 51.4 Å². The van der Waals surface area contributed by atoms with Crippen LogP contribution in [0.1, 0.15) is 13.3 Å². The molecule has 0 amide bonds. The summed E-state index contributed by atoms with van der Waals surface area (Å²) in [6.45, 7) is 3.15. The van der Waals surface area contributed by atoms with Gasteiger partial charge in [-0.1, -0.05) is 6.92 Å². The number of anilines is 1.